The van der Waals surface area contributed by atoms with Gasteiger partial charge in [0.2, 0.25) is 5.91 Å². The number of aliphatic carboxylic acids is 2. The van der Waals surface area contributed by atoms with Gasteiger partial charge in [0.15, 0.2) is 0 Å². The van der Waals surface area contributed by atoms with E-state index in [0.717, 1.165) is 0 Å². The Bertz CT molecular complexity index is 424. The molecule has 1 fully saturated rings. The van der Waals surface area contributed by atoms with Crippen LogP contribution in [0.25, 0.3) is 0 Å². The molecule has 9 nitrogen and oxygen atoms in total. The largest absolute Gasteiger partial charge is 0.481 e. The van der Waals surface area contributed by atoms with Gasteiger partial charge in [-0.05, 0) is 12.8 Å². The van der Waals surface area contributed by atoms with Crippen LogP contribution in [0.2, 0.25) is 0 Å². The van der Waals surface area contributed by atoms with E-state index in [4.69, 9.17) is 15.9 Å². The number of urea groups is 1. The van der Waals surface area contributed by atoms with Gasteiger partial charge in [-0.3, -0.25) is 9.59 Å². The number of rotatable bonds is 5. The quantitative estimate of drug-likeness (QED) is 0.500. The highest BCUT2D eigenvalue weighted by Gasteiger charge is 2.30. The highest BCUT2D eigenvalue weighted by molar-refractivity contribution is 5.86. The summed E-state index contributed by atoms with van der Waals surface area (Å²) in [5, 5.41) is 19.6. The lowest BCUT2D eigenvalue weighted by Gasteiger charge is -2.31. The Morgan fingerprint density at radius 2 is 1.95 bits per heavy atom. The van der Waals surface area contributed by atoms with Crippen molar-refractivity contribution in [3.05, 3.63) is 0 Å². The number of carboxylic acid groups (broad SMARTS) is 2. The number of piperidine rings is 1. The van der Waals surface area contributed by atoms with Gasteiger partial charge in [-0.15, -0.1) is 0 Å². The lowest BCUT2D eigenvalue weighted by molar-refractivity contribution is -0.145. The van der Waals surface area contributed by atoms with Crippen molar-refractivity contribution < 1.29 is 29.4 Å². The molecule has 5 N–H and O–H groups in total. The van der Waals surface area contributed by atoms with Crippen molar-refractivity contribution in [2.24, 2.45) is 11.7 Å². The summed E-state index contributed by atoms with van der Waals surface area (Å²) in [6.07, 6.45) is 0.447. The average Bonchev–Trinajstić information content (AvgIpc) is 2.37. The van der Waals surface area contributed by atoms with Gasteiger partial charge in [0.05, 0.1) is 12.3 Å². The van der Waals surface area contributed by atoms with E-state index >= 15 is 0 Å². The van der Waals surface area contributed by atoms with Crippen LogP contribution >= 0.6 is 0 Å². The number of primary amides is 1. The maximum Gasteiger partial charge on any atom is 0.326 e. The number of hydrogen-bond donors (Lipinski definition) is 4. The van der Waals surface area contributed by atoms with Gasteiger partial charge in [-0.25, -0.2) is 9.59 Å². The topological polar surface area (TPSA) is 150 Å². The fourth-order valence-corrected chi connectivity index (χ4v) is 2.01. The van der Waals surface area contributed by atoms with E-state index in [0.29, 0.717) is 19.4 Å². The Morgan fingerprint density at radius 1 is 1.30 bits per heavy atom. The third kappa shape index (κ3) is 4.41. The summed E-state index contributed by atoms with van der Waals surface area (Å²) in [4.78, 5) is 45.6. The maximum absolute atomic E-state index is 11.9. The predicted molar refractivity (Wildman–Crippen MR) is 65.7 cm³/mol. The van der Waals surface area contributed by atoms with Gasteiger partial charge < -0.3 is 26.2 Å². The van der Waals surface area contributed by atoms with Crippen LogP contribution < -0.4 is 11.1 Å². The average molecular weight is 287 g/mol. The second-order valence-electron chi connectivity index (χ2n) is 4.63. The van der Waals surface area contributed by atoms with E-state index in [2.05, 4.69) is 5.32 Å². The van der Waals surface area contributed by atoms with Crippen LogP contribution in [0.5, 0.6) is 0 Å². The molecular formula is C11H17N3O6. The number of amides is 3. The summed E-state index contributed by atoms with van der Waals surface area (Å²) >= 11 is 0. The minimum atomic E-state index is -1.51. The summed E-state index contributed by atoms with van der Waals surface area (Å²) in [7, 11) is 0. The number of carboxylic acids is 2. The zero-order valence-corrected chi connectivity index (χ0v) is 10.7. The summed E-state index contributed by atoms with van der Waals surface area (Å²) in [6.45, 7) is 0.482. The number of hydrogen-bond acceptors (Lipinski definition) is 4. The molecule has 2 atom stereocenters. The highest BCUT2D eigenvalue weighted by atomic mass is 16.4. The first kappa shape index (κ1) is 15.7. The van der Waals surface area contributed by atoms with Gasteiger partial charge in [-0.1, -0.05) is 0 Å². The van der Waals surface area contributed by atoms with Gasteiger partial charge in [-0.2, -0.15) is 0 Å². The molecule has 0 aromatic carbocycles. The molecule has 0 aromatic heterocycles. The zero-order chi connectivity index (χ0) is 15.3. The summed E-state index contributed by atoms with van der Waals surface area (Å²) in [5.41, 5.74) is 5.18. The highest BCUT2D eigenvalue weighted by Crippen LogP contribution is 2.16. The van der Waals surface area contributed by atoms with E-state index in [1.807, 2.05) is 0 Å². The summed E-state index contributed by atoms with van der Waals surface area (Å²) in [6, 6.07) is -2.21. The monoisotopic (exact) mass is 287 g/mol. The third-order valence-electron chi connectivity index (χ3n) is 3.09. The molecule has 3 amide bonds. The van der Waals surface area contributed by atoms with E-state index in [1.54, 1.807) is 0 Å². The first-order chi connectivity index (χ1) is 9.31. The molecule has 0 saturated carbocycles. The Balaban J connectivity index is 2.61. The molecule has 9 heteroatoms. The number of likely N-dealkylation sites (tertiary alicyclic amines) is 1. The van der Waals surface area contributed by atoms with Crippen LogP contribution in [0.15, 0.2) is 0 Å². The molecular weight excluding hydrogens is 270 g/mol. The molecule has 1 aliphatic rings. The molecule has 1 aliphatic heterocycles. The predicted octanol–water partition coefficient (Wildman–Crippen LogP) is -1.18. The number of carbonyl (C=O) groups is 4. The Kier molecular flexibility index (Phi) is 5.30. The Morgan fingerprint density at radius 3 is 2.45 bits per heavy atom. The van der Waals surface area contributed by atoms with E-state index in [1.165, 1.54) is 4.90 Å². The number of nitrogens with two attached hydrogens (primary N) is 1. The molecule has 2 unspecified atom stereocenters. The first-order valence-electron chi connectivity index (χ1n) is 6.10. The van der Waals surface area contributed by atoms with E-state index in [9.17, 15) is 19.2 Å². The molecule has 0 bridgehead atoms. The van der Waals surface area contributed by atoms with Gasteiger partial charge >= 0.3 is 18.0 Å². The van der Waals surface area contributed by atoms with Crippen molar-refractivity contribution >= 4 is 23.9 Å². The Labute approximate surface area is 114 Å². The molecule has 1 saturated heterocycles. The van der Waals surface area contributed by atoms with E-state index < -0.39 is 42.3 Å². The normalized spacial score (nSPS) is 20.0. The minimum absolute atomic E-state index is 0.112. The molecule has 0 aromatic rings. The number of nitrogens with one attached hydrogen (secondary N) is 1. The van der Waals surface area contributed by atoms with Crippen LogP contribution in [0, 0.1) is 5.92 Å². The third-order valence-corrected chi connectivity index (χ3v) is 3.09. The van der Waals surface area contributed by atoms with E-state index in [-0.39, 0.29) is 6.54 Å². The molecule has 0 aliphatic carbocycles. The number of carbonyl (C=O) groups excluding carboxylic acids is 2. The zero-order valence-electron chi connectivity index (χ0n) is 10.7. The van der Waals surface area contributed by atoms with Crippen molar-refractivity contribution in [2.45, 2.75) is 25.3 Å². The molecule has 20 heavy (non-hydrogen) atoms. The lowest BCUT2D eigenvalue weighted by Crippen LogP contribution is -2.52. The van der Waals surface area contributed by atoms with Crippen LogP contribution in [0.1, 0.15) is 19.3 Å². The molecule has 0 radical (unpaired) electrons. The van der Waals surface area contributed by atoms with Crippen molar-refractivity contribution in [1.82, 2.24) is 10.2 Å². The lowest BCUT2D eigenvalue weighted by atomic mass is 9.98. The van der Waals surface area contributed by atoms with Crippen LogP contribution in [0.3, 0.4) is 0 Å². The fraction of sp³-hybridized carbons (Fsp3) is 0.636. The van der Waals surface area contributed by atoms with Crippen molar-refractivity contribution in [1.29, 1.82) is 0 Å². The van der Waals surface area contributed by atoms with Gasteiger partial charge in [0.25, 0.3) is 0 Å². The maximum atomic E-state index is 11.9. The minimum Gasteiger partial charge on any atom is -0.481 e. The van der Waals surface area contributed by atoms with Crippen molar-refractivity contribution in [3.8, 4) is 0 Å². The number of nitrogens with zero attached hydrogens (tertiary/aromatic N) is 1. The standard InChI is InChI=1S/C11H17N3O6/c12-9(17)6-2-1-3-14(5-6)11(20)13-7(10(18)19)4-8(15)16/h6-7H,1-5H2,(H2,12,17)(H,13,20)(H,15,16)(H,18,19). The summed E-state index contributed by atoms with van der Waals surface area (Å²) < 4.78 is 0. The smallest absolute Gasteiger partial charge is 0.326 e. The van der Waals surface area contributed by atoms with Crippen LogP contribution in [-0.2, 0) is 14.4 Å². The fourth-order valence-electron chi connectivity index (χ4n) is 2.01. The molecule has 112 valence electrons. The Hall–Kier alpha value is -2.32. The first-order valence-corrected chi connectivity index (χ1v) is 6.10. The van der Waals surface area contributed by atoms with Gasteiger partial charge in [0.1, 0.15) is 6.04 Å². The molecule has 1 heterocycles. The van der Waals surface area contributed by atoms with Crippen molar-refractivity contribution in [3.63, 3.8) is 0 Å². The van der Waals surface area contributed by atoms with Gasteiger partial charge in [0, 0.05) is 13.1 Å². The van der Waals surface area contributed by atoms with Crippen molar-refractivity contribution in [2.75, 3.05) is 13.1 Å². The van der Waals surface area contributed by atoms with Crippen LogP contribution in [0.4, 0.5) is 4.79 Å². The summed E-state index contributed by atoms with van der Waals surface area (Å²) in [5.74, 6) is -3.73. The van der Waals surface area contributed by atoms with Crippen LogP contribution in [-0.4, -0.2) is 58.1 Å². The SMILES string of the molecule is NC(=O)C1CCCN(C(=O)NC(CC(=O)O)C(=O)O)C1. The molecule has 0 spiro atoms. The second kappa shape index (κ2) is 6.73. The second-order valence-corrected chi connectivity index (χ2v) is 4.63. The molecule has 1 rings (SSSR count).